The van der Waals surface area contributed by atoms with E-state index >= 15 is 0 Å². The standard InChI is InChI=1S/C24H24N2O4/c1-15(21(27)17-10-6-4-7-11-17)22-20(16(2)26-30-22)24-25-19(14-28-3)23(29-24)18-12-8-5-9-13-18/h4-13,15,19,23H,14H2,1-3H3/t15-,19-,23-/m0/s1. The smallest absolute Gasteiger partial charge is 0.222 e. The van der Waals surface area contributed by atoms with Crippen LogP contribution >= 0.6 is 0 Å². The van der Waals surface area contributed by atoms with Gasteiger partial charge in [0, 0.05) is 12.7 Å². The second-order valence-electron chi connectivity index (χ2n) is 7.37. The number of carbonyl (C=O) groups is 1. The molecule has 0 aliphatic carbocycles. The average molecular weight is 404 g/mol. The van der Waals surface area contributed by atoms with Crippen molar-refractivity contribution in [1.82, 2.24) is 5.16 Å². The molecule has 0 saturated carbocycles. The van der Waals surface area contributed by atoms with Gasteiger partial charge in [0.05, 0.1) is 18.2 Å². The zero-order chi connectivity index (χ0) is 21.1. The minimum absolute atomic E-state index is 0.0420. The number of nitrogens with zero attached hydrogens (tertiary/aromatic N) is 2. The third kappa shape index (κ3) is 3.78. The van der Waals surface area contributed by atoms with E-state index in [1.807, 2.05) is 62.4 Å². The summed E-state index contributed by atoms with van der Waals surface area (Å²) < 4.78 is 17.2. The first-order valence-electron chi connectivity index (χ1n) is 9.94. The molecule has 0 spiro atoms. The zero-order valence-electron chi connectivity index (χ0n) is 17.2. The summed E-state index contributed by atoms with van der Waals surface area (Å²) in [5.74, 6) is 0.337. The van der Waals surface area contributed by atoms with Crippen molar-refractivity contribution in [2.75, 3.05) is 13.7 Å². The van der Waals surface area contributed by atoms with Crippen molar-refractivity contribution in [2.24, 2.45) is 4.99 Å². The van der Waals surface area contributed by atoms with Crippen LogP contribution in [-0.2, 0) is 9.47 Å². The number of methoxy groups -OCH3 is 1. The Morgan fingerprint density at radius 1 is 1.10 bits per heavy atom. The molecular weight excluding hydrogens is 380 g/mol. The molecule has 3 atom stereocenters. The number of ketones is 1. The number of rotatable bonds is 7. The molecule has 0 amide bonds. The third-order valence-corrected chi connectivity index (χ3v) is 5.28. The fraction of sp³-hybridized carbons (Fsp3) is 0.292. The van der Waals surface area contributed by atoms with Gasteiger partial charge in [0.2, 0.25) is 5.90 Å². The van der Waals surface area contributed by atoms with E-state index in [2.05, 4.69) is 5.16 Å². The Kier molecular flexibility index (Phi) is 5.77. The van der Waals surface area contributed by atoms with Crippen molar-refractivity contribution < 1.29 is 18.8 Å². The van der Waals surface area contributed by atoms with Crippen molar-refractivity contribution in [3.63, 3.8) is 0 Å². The maximum atomic E-state index is 13.0. The van der Waals surface area contributed by atoms with Gasteiger partial charge in [0.1, 0.15) is 11.6 Å². The second kappa shape index (κ2) is 8.63. The highest BCUT2D eigenvalue weighted by Crippen LogP contribution is 2.35. The van der Waals surface area contributed by atoms with E-state index in [-0.39, 0.29) is 17.9 Å². The van der Waals surface area contributed by atoms with Crippen molar-refractivity contribution in [3.05, 3.63) is 88.8 Å². The first-order chi connectivity index (χ1) is 14.6. The number of benzene rings is 2. The molecule has 3 aromatic rings. The summed E-state index contributed by atoms with van der Waals surface area (Å²) in [7, 11) is 1.65. The Bertz CT molecular complexity index is 1040. The molecule has 0 N–H and O–H groups in total. The molecule has 6 heteroatoms. The number of aliphatic imine (C=N–C) groups is 1. The fourth-order valence-corrected chi connectivity index (χ4v) is 3.71. The van der Waals surface area contributed by atoms with Crippen LogP contribution in [0.3, 0.4) is 0 Å². The van der Waals surface area contributed by atoms with Crippen LogP contribution < -0.4 is 0 Å². The average Bonchev–Trinajstić information content (AvgIpc) is 3.37. The Morgan fingerprint density at radius 2 is 1.77 bits per heavy atom. The maximum Gasteiger partial charge on any atom is 0.222 e. The van der Waals surface area contributed by atoms with E-state index < -0.39 is 5.92 Å². The lowest BCUT2D eigenvalue weighted by molar-refractivity contribution is 0.0953. The second-order valence-corrected chi connectivity index (χ2v) is 7.37. The normalized spacial score (nSPS) is 19.2. The lowest BCUT2D eigenvalue weighted by atomic mass is 9.94. The molecule has 154 valence electrons. The Labute approximate surface area is 175 Å². The number of aromatic nitrogens is 1. The molecule has 0 radical (unpaired) electrons. The minimum atomic E-state index is -0.522. The number of hydrogen-bond donors (Lipinski definition) is 0. The van der Waals surface area contributed by atoms with E-state index in [4.69, 9.17) is 19.0 Å². The van der Waals surface area contributed by atoms with Crippen LogP contribution in [0.1, 0.15) is 51.9 Å². The number of ether oxygens (including phenoxy) is 2. The summed E-state index contributed by atoms with van der Waals surface area (Å²) in [4.78, 5) is 17.8. The van der Waals surface area contributed by atoms with Crippen molar-refractivity contribution in [1.29, 1.82) is 0 Å². The van der Waals surface area contributed by atoms with Gasteiger partial charge in [-0.05, 0) is 19.4 Å². The number of Topliss-reactive ketones (excluding diaryl/α,β-unsaturated/α-hetero) is 1. The van der Waals surface area contributed by atoms with Gasteiger partial charge in [-0.15, -0.1) is 0 Å². The molecule has 0 unspecified atom stereocenters. The first-order valence-corrected chi connectivity index (χ1v) is 9.94. The van der Waals surface area contributed by atoms with Crippen LogP contribution in [0.2, 0.25) is 0 Å². The van der Waals surface area contributed by atoms with Gasteiger partial charge in [-0.1, -0.05) is 65.8 Å². The van der Waals surface area contributed by atoms with Gasteiger partial charge in [-0.3, -0.25) is 4.79 Å². The number of carbonyl (C=O) groups excluding carboxylic acids is 1. The molecule has 0 fully saturated rings. The summed E-state index contributed by atoms with van der Waals surface area (Å²) in [5, 5.41) is 4.11. The summed E-state index contributed by atoms with van der Waals surface area (Å²) >= 11 is 0. The highest BCUT2D eigenvalue weighted by molar-refractivity contribution is 6.04. The van der Waals surface area contributed by atoms with E-state index in [1.54, 1.807) is 19.2 Å². The van der Waals surface area contributed by atoms with Gasteiger partial charge >= 0.3 is 0 Å². The molecule has 4 rings (SSSR count). The molecule has 1 aliphatic heterocycles. The Morgan fingerprint density at radius 3 is 2.43 bits per heavy atom. The zero-order valence-corrected chi connectivity index (χ0v) is 17.2. The predicted molar refractivity (Wildman–Crippen MR) is 113 cm³/mol. The largest absolute Gasteiger partial charge is 0.467 e. The quantitative estimate of drug-likeness (QED) is 0.542. The van der Waals surface area contributed by atoms with Gasteiger partial charge in [0.25, 0.3) is 0 Å². The predicted octanol–water partition coefficient (Wildman–Crippen LogP) is 4.50. The molecule has 2 heterocycles. The number of aryl methyl sites for hydroxylation is 1. The molecule has 1 aromatic heterocycles. The molecule has 1 aliphatic rings. The fourth-order valence-electron chi connectivity index (χ4n) is 3.71. The van der Waals surface area contributed by atoms with E-state index in [0.29, 0.717) is 35.1 Å². The molecular formula is C24H24N2O4. The summed E-state index contributed by atoms with van der Waals surface area (Å²) in [5.41, 5.74) is 2.92. The lowest BCUT2D eigenvalue weighted by Gasteiger charge is -2.17. The molecule has 30 heavy (non-hydrogen) atoms. The molecule has 6 nitrogen and oxygen atoms in total. The van der Waals surface area contributed by atoms with Crippen molar-refractivity contribution >= 4 is 11.7 Å². The SMILES string of the molecule is COC[C@@H]1N=C(c2c(C)noc2[C@@H](C)C(=O)c2ccccc2)O[C@H]1c1ccccc1. The van der Waals surface area contributed by atoms with Gasteiger partial charge in [-0.2, -0.15) is 0 Å². The number of hydrogen-bond acceptors (Lipinski definition) is 6. The van der Waals surface area contributed by atoms with Gasteiger partial charge < -0.3 is 14.0 Å². The Hall–Kier alpha value is -3.25. The highest BCUT2D eigenvalue weighted by Gasteiger charge is 2.37. The van der Waals surface area contributed by atoms with E-state index in [0.717, 1.165) is 5.56 Å². The summed E-state index contributed by atoms with van der Waals surface area (Å²) in [6, 6.07) is 18.9. The van der Waals surface area contributed by atoms with Gasteiger partial charge in [0.15, 0.2) is 17.6 Å². The van der Waals surface area contributed by atoms with Crippen LogP contribution in [0.25, 0.3) is 0 Å². The summed E-state index contributed by atoms with van der Waals surface area (Å²) in [6.07, 6.45) is -0.275. The van der Waals surface area contributed by atoms with Crippen molar-refractivity contribution in [3.8, 4) is 0 Å². The van der Waals surface area contributed by atoms with E-state index in [1.165, 1.54) is 0 Å². The van der Waals surface area contributed by atoms with Crippen LogP contribution in [0.4, 0.5) is 0 Å². The van der Waals surface area contributed by atoms with Gasteiger partial charge in [-0.25, -0.2) is 4.99 Å². The Balaban J connectivity index is 1.67. The summed E-state index contributed by atoms with van der Waals surface area (Å²) in [6.45, 7) is 4.06. The third-order valence-electron chi connectivity index (χ3n) is 5.28. The lowest BCUT2D eigenvalue weighted by Crippen LogP contribution is -2.19. The van der Waals surface area contributed by atoms with Crippen LogP contribution in [0, 0.1) is 6.92 Å². The van der Waals surface area contributed by atoms with Crippen LogP contribution in [0.15, 0.2) is 70.2 Å². The molecule has 0 bridgehead atoms. The monoisotopic (exact) mass is 404 g/mol. The topological polar surface area (TPSA) is 73.9 Å². The minimum Gasteiger partial charge on any atom is -0.467 e. The van der Waals surface area contributed by atoms with Crippen LogP contribution in [-0.4, -0.2) is 36.6 Å². The molecule has 2 aromatic carbocycles. The van der Waals surface area contributed by atoms with Crippen LogP contribution in [0.5, 0.6) is 0 Å². The van der Waals surface area contributed by atoms with E-state index in [9.17, 15) is 4.79 Å². The maximum absolute atomic E-state index is 13.0. The first kappa shape index (κ1) is 20.0. The molecule has 0 saturated heterocycles. The highest BCUT2D eigenvalue weighted by atomic mass is 16.5. The van der Waals surface area contributed by atoms with Crippen molar-refractivity contribution in [2.45, 2.75) is 31.9 Å².